The number of amides is 1. The van der Waals surface area contributed by atoms with Crippen LogP contribution in [0.3, 0.4) is 0 Å². The highest BCUT2D eigenvalue weighted by Gasteiger charge is 2.18. The lowest BCUT2D eigenvalue weighted by Gasteiger charge is -2.34. The second kappa shape index (κ2) is 11.2. The lowest BCUT2D eigenvalue weighted by Crippen LogP contribution is -2.48. The van der Waals surface area contributed by atoms with E-state index in [4.69, 9.17) is 9.84 Å². The molecule has 164 valence electrons. The molecule has 1 amide bonds. The topological polar surface area (TPSA) is 94.5 Å². The molecule has 2 aromatic carbocycles. The lowest BCUT2D eigenvalue weighted by molar-refractivity contribution is -0.139. The Hall–Kier alpha value is -3.23. The van der Waals surface area contributed by atoms with E-state index in [1.807, 2.05) is 0 Å². The molecule has 0 bridgehead atoms. The number of ether oxygens (including phenoxy) is 1. The average Bonchev–Trinajstić information content (AvgIpc) is 2.76. The molecule has 1 aliphatic rings. The predicted molar refractivity (Wildman–Crippen MR) is 118 cm³/mol. The van der Waals surface area contributed by atoms with Crippen LogP contribution in [-0.2, 0) is 16.1 Å². The maximum Gasteiger partial charge on any atom is 0.341 e. The Balaban J connectivity index is 1.41. The highest BCUT2D eigenvalue weighted by atomic mass is 16.5. The second-order valence-corrected chi connectivity index (χ2v) is 7.55. The number of aryl methyl sites for hydroxylation is 1. The van der Waals surface area contributed by atoms with E-state index in [0.717, 1.165) is 32.7 Å². The monoisotopic (exact) mass is 424 g/mol. The first kappa shape index (κ1) is 22.5. The van der Waals surface area contributed by atoms with Crippen LogP contribution < -0.4 is 10.2 Å². The number of nitrogens with one attached hydrogen (secondary N) is 1. The summed E-state index contributed by atoms with van der Waals surface area (Å²) < 4.78 is 5.22. The zero-order valence-electron chi connectivity index (χ0n) is 17.7. The Labute approximate surface area is 182 Å². The number of para-hydroxylation sites is 1. The molecule has 2 N–H and O–H groups in total. The number of aliphatic carboxylic acids is 1. The molecule has 1 aliphatic heterocycles. The van der Waals surface area contributed by atoms with Crippen molar-refractivity contribution in [1.82, 2.24) is 15.2 Å². The van der Waals surface area contributed by atoms with Crippen LogP contribution in [0.15, 0.2) is 53.6 Å². The molecule has 3 rings (SSSR count). The highest BCUT2D eigenvalue weighted by molar-refractivity contribution is 5.85. The standard InChI is InChI=1S/C23H28N4O4/c1-18-6-8-19(9-7-18)15-26-10-12-27(13-11-26)16-22(28)25-24-14-20-4-2-3-5-21(20)31-17-23(29)30/h2-9,14H,10-13,15-17H2,1H3,(H,25,28)(H,29,30)/b24-14-. The molecule has 2 aromatic rings. The van der Waals surface area contributed by atoms with Crippen LogP contribution in [0.2, 0.25) is 0 Å². The first-order valence-corrected chi connectivity index (χ1v) is 10.3. The maximum atomic E-state index is 12.2. The van der Waals surface area contributed by atoms with Crippen molar-refractivity contribution in [3.63, 3.8) is 0 Å². The molecule has 1 heterocycles. The number of rotatable bonds is 9. The summed E-state index contributed by atoms with van der Waals surface area (Å²) in [6, 6.07) is 15.5. The van der Waals surface area contributed by atoms with Gasteiger partial charge in [0.1, 0.15) is 5.75 Å². The zero-order chi connectivity index (χ0) is 22.1. The van der Waals surface area contributed by atoms with Gasteiger partial charge in [-0.3, -0.25) is 14.6 Å². The number of hydrogen-bond donors (Lipinski definition) is 2. The van der Waals surface area contributed by atoms with Gasteiger partial charge in [0.15, 0.2) is 6.61 Å². The number of hydrogen-bond acceptors (Lipinski definition) is 6. The van der Waals surface area contributed by atoms with Crippen LogP contribution in [0.1, 0.15) is 16.7 Å². The minimum Gasteiger partial charge on any atom is -0.481 e. The normalized spacial score (nSPS) is 15.1. The third-order valence-electron chi connectivity index (χ3n) is 5.02. The van der Waals surface area contributed by atoms with E-state index in [9.17, 15) is 9.59 Å². The van der Waals surface area contributed by atoms with Crippen molar-refractivity contribution in [3.05, 3.63) is 65.2 Å². The van der Waals surface area contributed by atoms with Crippen molar-refractivity contribution in [2.75, 3.05) is 39.3 Å². The fourth-order valence-corrected chi connectivity index (χ4v) is 3.33. The lowest BCUT2D eigenvalue weighted by atomic mass is 10.1. The van der Waals surface area contributed by atoms with Crippen molar-refractivity contribution in [1.29, 1.82) is 0 Å². The second-order valence-electron chi connectivity index (χ2n) is 7.55. The maximum absolute atomic E-state index is 12.2. The quantitative estimate of drug-likeness (QED) is 0.470. The van der Waals surface area contributed by atoms with Crippen molar-refractivity contribution < 1.29 is 19.4 Å². The first-order chi connectivity index (χ1) is 15.0. The Bertz CT molecular complexity index is 906. The summed E-state index contributed by atoms with van der Waals surface area (Å²) in [7, 11) is 0. The van der Waals surface area contributed by atoms with Crippen LogP contribution in [-0.4, -0.2) is 72.3 Å². The van der Waals surface area contributed by atoms with Crippen LogP contribution in [0.25, 0.3) is 0 Å². The molecule has 8 heteroatoms. The SMILES string of the molecule is Cc1ccc(CN2CCN(CC(=O)N/N=C\c3ccccc3OCC(=O)O)CC2)cc1. The van der Waals surface area contributed by atoms with Crippen LogP contribution >= 0.6 is 0 Å². The van der Waals surface area contributed by atoms with Gasteiger partial charge in [-0.15, -0.1) is 0 Å². The van der Waals surface area contributed by atoms with Crippen molar-refractivity contribution >= 4 is 18.1 Å². The van der Waals surface area contributed by atoms with Crippen molar-refractivity contribution in [2.45, 2.75) is 13.5 Å². The summed E-state index contributed by atoms with van der Waals surface area (Å²) >= 11 is 0. The Morgan fingerprint density at radius 3 is 2.45 bits per heavy atom. The molecule has 8 nitrogen and oxygen atoms in total. The van der Waals surface area contributed by atoms with E-state index in [0.29, 0.717) is 11.3 Å². The molecule has 0 atom stereocenters. The van der Waals surface area contributed by atoms with E-state index in [1.54, 1.807) is 24.3 Å². The Morgan fingerprint density at radius 2 is 1.74 bits per heavy atom. The number of carboxylic acids is 1. The van der Waals surface area contributed by atoms with Crippen molar-refractivity contribution in [2.24, 2.45) is 5.10 Å². The van der Waals surface area contributed by atoms with E-state index >= 15 is 0 Å². The van der Waals surface area contributed by atoms with Gasteiger partial charge in [0.05, 0.1) is 12.8 Å². The number of carboxylic acid groups (broad SMARTS) is 1. The number of carbonyl (C=O) groups excluding carboxylic acids is 1. The molecule has 0 unspecified atom stereocenters. The van der Waals surface area contributed by atoms with Gasteiger partial charge in [0, 0.05) is 38.3 Å². The van der Waals surface area contributed by atoms with E-state index in [1.165, 1.54) is 17.3 Å². The van der Waals surface area contributed by atoms with Crippen molar-refractivity contribution in [3.8, 4) is 5.75 Å². The molecule has 1 saturated heterocycles. The van der Waals surface area contributed by atoms with Gasteiger partial charge >= 0.3 is 5.97 Å². The third kappa shape index (κ3) is 7.51. The number of benzene rings is 2. The fourth-order valence-electron chi connectivity index (χ4n) is 3.33. The van der Waals surface area contributed by atoms with Crippen LogP contribution in [0.5, 0.6) is 5.75 Å². The van der Waals surface area contributed by atoms with Gasteiger partial charge in [-0.05, 0) is 24.6 Å². The Kier molecular flexibility index (Phi) is 8.14. The summed E-state index contributed by atoms with van der Waals surface area (Å²) in [5.41, 5.74) is 5.69. The molecule has 0 aromatic heterocycles. The van der Waals surface area contributed by atoms with E-state index in [-0.39, 0.29) is 12.5 Å². The minimum absolute atomic E-state index is 0.188. The summed E-state index contributed by atoms with van der Waals surface area (Å²) in [5, 5.41) is 12.7. The van der Waals surface area contributed by atoms with Gasteiger partial charge in [0.25, 0.3) is 5.91 Å². The number of carbonyl (C=O) groups is 2. The number of piperazine rings is 1. The summed E-state index contributed by atoms with van der Waals surface area (Å²) in [6.07, 6.45) is 1.45. The molecule has 31 heavy (non-hydrogen) atoms. The molecular formula is C23H28N4O4. The molecule has 1 fully saturated rings. The average molecular weight is 425 g/mol. The van der Waals surface area contributed by atoms with Gasteiger partial charge < -0.3 is 9.84 Å². The zero-order valence-corrected chi connectivity index (χ0v) is 17.7. The van der Waals surface area contributed by atoms with Crippen LogP contribution in [0.4, 0.5) is 0 Å². The van der Waals surface area contributed by atoms with E-state index in [2.05, 4.69) is 51.5 Å². The fraction of sp³-hybridized carbons (Fsp3) is 0.348. The number of hydrazone groups is 1. The molecule has 0 saturated carbocycles. The molecular weight excluding hydrogens is 396 g/mol. The van der Waals surface area contributed by atoms with E-state index < -0.39 is 12.6 Å². The largest absolute Gasteiger partial charge is 0.481 e. The minimum atomic E-state index is -1.06. The molecule has 0 spiro atoms. The summed E-state index contributed by atoms with van der Waals surface area (Å²) in [5.74, 6) is -0.848. The van der Waals surface area contributed by atoms with Gasteiger partial charge in [-0.1, -0.05) is 42.0 Å². The molecule has 0 radical (unpaired) electrons. The smallest absolute Gasteiger partial charge is 0.341 e. The van der Waals surface area contributed by atoms with Gasteiger partial charge in [-0.25, -0.2) is 10.2 Å². The predicted octanol–water partition coefficient (Wildman–Crippen LogP) is 1.73. The number of nitrogens with zero attached hydrogens (tertiary/aromatic N) is 3. The first-order valence-electron chi connectivity index (χ1n) is 10.3. The molecule has 0 aliphatic carbocycles. The third-order valence-corrected chi connectivity index (χ3v) is 5.02. The van der Waals surface area contributed by atoms with Gasteiger partial charge in [-0.2, -0.15) is 5.10 Å². The Morgan fingerprint density at radius 1 is 1.06 bits per heavy atom. The summed E-state index contributed by atoms with van der Waals surface area (Å²) in [6.45, 7) is 6.35. The van der Waals surface area contributed by atoms with Crippen LogP contribution in [0, 0.1) is 6.92 Å². The van der Waals surface area contributed by atoms with Gasteiger partial charge in [0.2, 0.25) is 0 Å². The summed E-state index contributed by atoms with van der Waals surface area (Å²) in [4.78, 5) is 27.4. The highest BCUT2D eigenvalue weighted by Crippen LogP contribution is 2.15.